The lowest BCUT2D eigenvalue weighted by molar-refractivity contribution is 0.314. The Hall–Kier alpha value is -1.14. The number of thiazole rings is 1. The summed E-state index contributed by atoms with van der Waals surface area (Å²) >= 11 is 13.8. The van der Waals surface area contributed by atoms with E-state index in [2.05, 4.69) is 14.9 Å². The van der Waals surface area contributed by atoms with Crippen molar-refractivity contribution in [3.8, 4) is 0 Å². The molecule has 0 N–H and O–H groups in total. The first-order valence-corrected chi connectivity index (χ1v) is 7.66. The van der Waals surface area contributed by atoms with Crippen LogP contribution in [0.3, 0.4) is 0 Å². The lowest BCUT2D eigenvalue weighted by atomic mass is 10.2. The molecule has 0 aliphatic rings. The van der Waals surface area contributed by atoms with Gasteiger partial charge in [-0.05, 0) is 13.1 Å². The number of hydrogen-bond donors (Lipinski definition) is 0. The summed E-state index contributed by atoms with van der Waals surface area (Å²) < 4.78 is 2.02. The molecule has 0 radical (unpaired) electrons. The van der Waals surface area contributed by atoms with Crippen molar-refractivity contribution in [2.45, 2.75) is 13.1 Å². The molecule has 0 aromatic carbocycles. The van der Waals surface area contributed by atoms with Crippen LogP contribution in [-0.4, -0.2) is 26.3 Å². The molecule has 3 aromatic heterocycles. The van der Waals surface area contributed by atoms with Crippen molar-refractivity contribution >= 4 is 39.5 Å². The van der Waals surface area contributed by atoms with Crippen molar-refractivity contribution in [3.63, 3.8) is 0 Å². The average molecular weight is 327 g/mol. The lowest BCUT2D eigenvalue weighted by Gasteiger charge is -2.16. The highest BCUT2D eigenvalue weighted by Gasteiger charge is 2.14. The van der Waals surface area contributed by atoms with Crippen molar-refractivity contribution in [1.29, 1.82) is 0 Å². The monoisotopic (exact) mass is 326 g/mol. The third-order valence-corrected chi connectivity index (χ3v) is 4.41. The van der Waals surface area contributed by atoms with E-state index in [4.69, 9.17) is 23.2 Å². The lowest BCUT2D eigenvalue weighted by Crippen LogP contribution is -2.18. The number of rotatable bonds is 4. The summed E-state index contributed by atoms with van der Waals surface area (Å²) in [6, 6.07) is 3.86. The predicted octanol–water partition coefficient (Wildman–Crippen LogP) is 3.73. The maximum absolute atomic E-state index is 6.20. The van der Waals surface area contributed by atoms with E-state index in [1.165, 1.54) is 0 Å². The highest BCUT2D eigenvalue weighted by Crippen LogP contribution is 2.23. The first kappa shape index (κ1) is 13.8. The van der Waals surface area contributed by atoms with Crippen molar-refractivity contribution in [2.75, 3.05) is 7.05 Å². The number of hydrogen-bond acceptors (Lipinski definition) is 4. The van der Waals surface area contributed by atoms with Gasteiger partial charge in [-0.3, -0.25) is 9.30 Å². The molecule has 0 atom stereocenters. The van der Waals surface area contributed by atoms with Crippen LogP contribution in [0.2, 0.25) is 10.3 Å². The van der Waals surface area contributed by atoms with E-state index in [9.17, 15) is 0 Å². The Labute approximate surface area is 130 Å². The number of nitrogens with zero attached hydrogens (tertiary/aromatic N) is 4. The summed E-state index contributed by atoms with van der Waals surface area (Å²) in [5.74, 6) is 0. The zero-order valence-electron chi connectivity index (χ0n) is 10.8. The second kappa shape index (κ2) is 5.69. The fourth-order valence-corrected chi connectivity index (χ4v) is 3.28. The summed E-state index contributed by atoms with van der Waals surface area (Å²) in [5, 5.41) is 3.10. The second-order valence-electron chi connectivity index (χ2n) is 4.53. The van der Waals surface area contributed by atoms with Crippen LogP contribution in [0.1, 0.15) is 11.3 Å². The van der Waals surface area contributed by atoms with E-state index in [0.29, 0.717) is 23.4 Å². The molecule has 0 fully saturated rings. The largest absolute Gasteiger partial charge is 0.296 e. The molecule has 0 aliphatic carbocycles. The molecule has 4 nitrogen and oxygen atoms in total. The number of aromatic nitrogens is 3. The molecule has 3 heterocycles. The maximum atomic E-state index is 6.20. The minimum Gasteiger partial charge on any atom is -0.296 e. The summed E-state index contributed by atoms with van der Waals surface area (Å²) in [6.07, 6.45) is 3.67. The Kier molecular flexibility index (Phi) is 3.94. The average Bonchev–Trinajstić information content (AvgIpc) is 2.96. The van der Waals surface area contributed by atoms with Gasteiger partial charge in [0.1, 0.15) is 5.15 Å². The molecule has 3 aromatic rings. The maximum Gasteiger partial charge on any atom is 0.195 e. The molecule has 7 heteroatoms. The fourth-order valence-electron chi connectivity index (χ4n) is 2.09. The van der Waals surface area contributed by atoms with Gasteiger partial charge in [0.2, 0.25) is 0 Å². The van der Waals surface area contributed by atoms with Crippen LogP contribution < -0.4 is 0 Å². The molecule has 0 saturated heterocycles. The van der Waals surface area contributed by atoms with Crippen LogP contribution in [0.5, 0.6) is 0 Å². The molecule has 3 rings (SSSR count). The Morgan fingerprint density at radius 2 is 2.15 bits per heavy atom. The van der Waals surface area contributed by atoms with Gasteiger partial charge in [-0.1, -0.05) is 29.3 Å². The van der Waals surface area contributed by atoms with Crippen LogP contribution in [-0.2, 0) is 13.1 Å². The van der Waals surface area contributed by atoms with E-state index in [1.807, 2.05) is 35.2 Å². The highest BCUT2D eigenvalue weighted by molar-refractivity contribution is 7.15. The van der Waals surface area contributed by atoms with Gasteiger partial charge in [0.25, 0.3) is 0 Å². The molecule has 0 unspecified atom stereocenters. The van der Waals surface area contributed by atoms with Gasteiger partial charge in [-0.2, -0.15) is 0 Å². The predicted molar refractivity (Wildman–Crippen MR) is 82.5 cm³/mol. The number of fused-ring (bicyclic) bond motifs is 1. The molecular formula is C13H12Cl2N4S. The molecule has 0 aliphatic heterocycles. The smallest absolute Gasteiger partial charge is 0.195 e. The standard InChI is InChI=1S/C13H12Cl2N4S/c1-18(7-9-3-2-4-16-11(9)14)8-10-12(15)17-13-19(10)5-6-20-13/h2-6H,7-8H2,1H3. The second-order valence-corrected chi connectivity index (χ2v) is 6.12. The fraction of sp³-hybridized carbons (Fsp3) is 0.231. The molecule has 0 bridgehead atoms. The van der Waals surface area contributed by atoms with Gasteiger partial charge in [-0.25, -0.2) is 9.97 Å². The van der Waals surface area contributed by atoms with E-state index < -0.39 is 0 Å². The van der Waals surface area contributed by atoms with Crippen molar-refractivity contribution in [3.05, 3.63) is 51.5 Å². The zero-order valence-corrected chi connectivity index (χ0v) is 13.1. The van der Waals surface area contributed by atoms with Crippen LogP contribution in [0.4, 0.5) is 0 Å². The SMILES string of the molecule is CN(Cc1cccnc1Cl)Cc1c(Cl)nc2sccn12. The Morgan fingerprint density at radius 3 is 2.95 bits per heavy atom. The number of halogens is 2. The van der Waals surface area contributed by atoms with Gasteiger partial charge < -0.3 is 0 Å². The Bertz CT molecular complexity index is 737. The third kappa shape index (κ3) is 2.67. The summed E-state index contributed by atoms with van der Waals surface area (Å²) in [6.45, 7) is 1.41. The topological polar surface area (TPSA) is 33.4 Å². The van der Waals surface area contributed by atoms with Crippen LogP contribution in [0, 0.1) is 0 Å². The van der Waals surface area contributed by atoms with Crippen molar-refractivity contribution in [2.24, 2.45) is 0 Å². The summed E-state index contributed by atoms with van der Waals surface area (Å²) in [7, 11) is 2.02. The Balaban J connectivity index is 1.79. The van der Waals surface area contributed by atoms with E-state index >= 15 is 0 Å². The highest BCUT2D eigenvalue weighted by atomic mass is 35.5. The minimum atomic E-state index is 0.541. The van der Waals surface area contributed by atoms with Crippen molar-refractivity contribution in [1.82, 2.24) is 19.3 Å². The molecule has 0 spiro atoms. The van der Waals surface area contributed by atoms with Crippen LogP contribution in [0.25, 0.3) is 4.96 Å². The molecule has 20 heavy (non-hydrogen) atoms. The van der Waals surface area contributed by atoms with Gasteiger partial charge in [-0.15, -0.1) is 11.3 Å². The molecule has 0 saturated carbocycles. The van der Waals surface area contributed by atoms with Gasteiger partial charge in [0.05, 0.1) is 5.69 Å². The van der Waals surface area contributed by atoms with E-state index in [0.717, 1.165) is 16.2 Å². The number of pyridine rings is 1. The van der Waals surface area contributed by atoms with Crippen LogP contribution >= 0.6 is 34.5 Å². The molecule has 0 amide bonds. The van der Waals surface area contributed by atoms with Crippen LogP contribution in [0.15, 0.2) is 29.9 Å². The Morgan fingerprint density at radius 1 is 1.30 bits per heavy atom. The number of imidazole rings is 1. The third-order valence-electron chi connectivity index (χ3n) is 3.01. The van der Waals surface area contributed by atoms with Gasteiger partial charge in [0.15, 0.2) is 10.1 Å². The van der Waals surface area contributed by atoms with E-state index in [-0.39, 0.29) is 0 Å². The quantitative estimate of drug-likeness (QED) is 0.685. The summed E-state index contributed by atoms with van der Waals surface area (Å²) in [5.41, 5.74) is 1.99. The van der Waals surface area contributed by atoms with Gasteiger partial charge in [0, 0.05) is 36.4 Å². The normalized spacial score (nSPS) is 11.6. The minimum absolute atomic E-state index is 0.541. The van der Waals surface area contributed by atoms with Gasteiger partial charge >= 0.3 is 0 Å². The first-order valence-electron chi connectivity index (χ1n) is 6.03. The van der Waals surface area contributed by atoms with E-state index in [1.54, 1.807) is 17.5 Å². The first-order chi connectivity index (χ1) is 9.65. The molecule has 104 valence electrons. The van der Waals surface area contributed by atoms with Crippen molar-refractivity contribution < 1.29 is 0 Å². The molecular weight excluding hydrogens is 315 g/mol. The zero-order chi connectivity index (χ0) is 14.1. The summed E-state index contributed by atoms with van der Waals surface area (Å²) in [4.78, 5) is 11.5.